The Kier molecular flexibility index (Phi) is 6.05. The SMILES string of the molecule is CCC(=O)c1sc(-c2ccc(Cl)cc2)c(C)c1-c1ccc(S(=O)(=O)NC)cc1. The van der Waals surface area contributed by atoms with Crippen LogP contribution < -0.4 is 4.72 Å². The van der Waals surface area contributed by atoms with Crippen molar-refractivity contribution in [1.29, 1.82) is 0 Å². The molecule has 0 spiro atoms. The molecule has 146 valence electrons. The largest absolute Gasteiger partial charge is 0.293 e. The van der Waals surface area contributed by atoms with Gasteiger partial charge >= 0.3 is 0 Å². The molecule has 1 N–H and O–H groups in total. The summed E-state index contributed by atoms with van der Waals surface area (Å²) in [5, 5.41) is 0.657. The normalized spacial score (nSPS) is 11.6. The van der Waals surface area contributed by atoms with Crippen molar-refractivity contribution in [2.45, 2.75) is 25.2 Å². The molecule has 7 heteroatoms. The first-order valence-electron chi connectivity index (χ1n) is 8.75. The van der Waals surface area contributed by atoms with Crippen molar-refractivity contribution in [1.82, 2.24) is 4.72 Å². The first kappa shape index (κ1) is 20.7. The van der Waals surface area contributed by atoms with Crippen molar-refractivity contribution in [3.05, 3.63) is 64.0 Å². The summed E-state index contributed by atoms with van der Waals surface area (Å²) in [5.41, 5.74) is 3.67. The molecule has 0 saturated heterocycles. The Bertz CT molecular complexity index is 1120. The Morgan fingerprint density at radius 3 is 2.14 bits per heavy atom. The number of carbonyl (C=O) groups is 1. The molecule has 3 aromatic rings. The quantitative estimate of drug-likeness (QED) is 0.518. The second kappa shape index (κ2) is 8.17. The number of Topliss-reactive ketones (excluding diaryl/α,β-unsaturated/α-hetero) is 1. The highest BCUT2D eigenvalue weighted by molar-refractivity contribution is 7.89. The molecule has 0 aliphatic rings. The average Bonchev–Trinajstić information content (AvgIpc) is 3.05. The lowest BCUT2D eigenvalue weighted by molar-refractivity contribution is 0.0992. The number of halogens is 1. The zero-order valence-electron chi connectivity index (χ0n) is 15.7. The molecule has 0 saturated carbocycles. The van der Waals surface area contributed by atoms with Gasteiger partial charge in [-0.3, -0.25) is 4.79 Å². The van der Waals surface area contributed by atoms with E-state index in [0.29, 0.717) is 16.3 Å². The lowest BCUT2D eigenvalue weighted by Gasteiger charge is -2.08. The Morgan fingerprint density at radius 2 is 1.61 bits per heavy atom. The second-order valence-electron chi connectivity index (χ2n) is 6.28. The van der Waals surface area contributed by atoms with Crippen LogP contribution in [-0.2, 0) is 10.0 Å². The van der Waals surface area contributed by atoms with E-state index in [0.717, 1.165) is 27.1 Å². The van der Waals surface area contributed by atoms with Gasteiger partial charge in [0.25, 0.3) is 0 Å². The third-order valence-electron chi connectivity index (χ3n) is 4.55. The van der Waals surface area contributed by atoms with Gasteiger partial charge in [0.2, 0.25) is 10.0 Å². The van der Waals surface area contributed by atoms with Gasteiger partial charge in [-0.2, -0.15) is 0 Å². The van der Waals surface area contributed by atoms with Gasteiger partial charge in [-0.15, -0.1) is 11.3 Å². The number of hydrogen-bond donors (Lipinski definition) is 1. The molecule has 0 atom stereocenters. The van der Waals surface area contributed by atoms with Crippen LogP contribution in [0, 0.1) is 6.92 Å². The van der Waals surface area contributed by atoms with Crippen LogP contribution in [0.1, 0.15) is 28.6 Å². The minimum absolute atomic E-state index is 0.0650. The molecule has 2 aromatic carbocycles. The summed E-state index contributed by atoms with van der Waals surface area (Å²) in [6, 6.07) is 14.1. The van der Waals surface area contributed by atoms with E-state index in [1.54, 1.807) is 24.3 Å². The van der Waals surface area contributed by atoms with E-state index in [1.165, 1.54) is 18.4 Å². The fourth-order valence-electron chi connectivity index (χ4n) is 3.01. The first-order valence-corrected chi connectivity index (χ1v) is 11.4. The fourth-order valence-corrected chi connectivity index (χ4v) is 5.21. The van der Waals surface area contributed by atoms with E-state index >= 15 is 0 Å². The molecular weight excluding hydrogens is 414 g/mol. The number of nitrogens with one attached hydrogen (secondary N) is 1. The van der Waals surface area contributed by atoms with Crippen molar-refractivity contribution in [2.24, 2.45) is 0 Å². The lowest BCUT2D eigenvalue weighted by Crippen LogP contribution is -2.18. The molecule has 0 fully saturated rings. The number of ketones is 1. The van der Waals surface area contributed by atoms with E-state index in [9.17, 15) is 13.2 Å². The zero-order valence-corrected chi connectivity index (χ0v) is 18.1. The van der Waals surface area contributed by atoms with Crippen molar-refractivity contribution >= 4 is 38.7 Å². The van der Waals surface area contributed by atoms with Crippen molar-refractivity contribution < 1.29 is 13.2 Å². The third kappa shape index (κ3) is 3.91. The maximum Gasteiger partial charge on any atom is 0.240 e. The Morgan fingerprint density at radius 1 is 1.04 bits per heavy atom. The van der Waals surface area contributed by atoms with Crippen LogP contribution in [0.15, 0.2) is 53.4 Å². The van der Waals surface area contributed by atoms with Crippen LogP contribution in [0.5, 0.6) is 0 Å². The maximum absolute atomic E-state index is 12.6. The van der Waals surface area contributed by atoms with Gasteiger partial charge in [0.15, 0.2) is 5.78 Å². The molecule has 0 amide bonds. The molecule has 28 heavy (non-hydrogen) atoms. The van der Waals surface area contributed by atoms with Crippen LogP contribution in [-0.4, -0.2) is 21.2 Å². The van der Waals surface area contributed by atoms with Crippen LogP contribution >= 0.6 is 22.9 Å². The first-order chi connectivity index (χ1) is 13.3. The van der Waals surface area contributed by atoms with Crippen LogP contribution in [0.25, 0.3) is 21.6 Å². The summed E-state index contributed by atoms with van der Waals surface area (Å²) in [6.07, 6.45) is 0.402. The Hall–Kier alpha value is -1.99. The predicted molar refractivity (Wildman–Crippen MR) is 116 cm³/mol. The highest BCUT2D eigenvalue weighted by Gasteiger charge is 2.22. The summed E-state index contributed by atoms with van der Waals surface area (Å²) in [5.74, 6) is 0.0650. The Labute approximate surface area is 174 Å². The van der Waals surface area contributed by atoms with E-state index < -0.39 is 10.0 Å². The standard InChI is InChI=1S/C21H20ClNO3S2/c1-4-18(24)21-19(14-7-11-17(12-8-14)28(25,26)23-3)13(2)20(27-21)15-5-9-16(22)10-6-15/h5-12,23H,4H2,1-3H3. The van der Waals surface area contributed by atoms with Crippen molar-refractivity contribution in [3.8, 4) is 21.6 Å². The van der Waals surface area contributed by atoms with Gasteiger partial charge in [0, 0.05) is 21.9 Å². The molecule has 0 radical (unpaired) electrons. The highest BCUT2D eigenvalue weighted by Crippen LogP contribution is 2.42. The number of sulfonamides is 1. The molecule has 4 nitrogen and oxygen atoms in total. The smallest absolute Gasteiger partial charge is 0.240 e. The highest BCUT2D eigenvalue weighted by atomic mass is 35.5. The van der Waals surface area contributed by atoms with E-state index in [2.05, 4.69) is 4.72 Å². The monoisotopic (exact) mass is 433 g/mol. The van der Waals surface area contributed by atoms with E-state index in [1.807, 2.05) is 38.1 Å². The van der Waals surface area contributed by atoms with Crippen molar-refractivity contribution in [2.75, 3.05) is 7.05 Å². The van der Waals surface area contributed by atoms with Gasteiger partial charge in [-0.25, -0.2) is 13.1 Å². The summed E-state index contributed by atoms with van der Waals surface area (Å²) in [4.78, 5) is 14.5. The number of carbonyl (C=O) groups excluding carboxylic acids is 1. The topological polar surface area (TPSA) is 63.2 Å². The van der Waals surface area contributed by atoms with Crippen LogP contribution in [0.2, 0.25) is 5.02 Å². The fraction of sp³-hybridized carbons (Fsp3) is 0.190. The number of rotatable bonds is 6. The maximum atomic E-state index is 12.6. The second-order valence-corrected chi connectivity index (χ2v) is 9.62. The van der Waals surface area contributed by atoms with E-state index in [-0.39, 0.29) is 10.7 Å². The minimum atomic E-state index is -3.51. The van der Waals surface area contributed by atoms with Crippen molar-refractivity contribution in [3.63, 3.8) is 0 Å². The number of benzene rings is 2. The Balaban J connectivity index is 2.17. The molecule has 0 bridgehead atoms. The average molecular weight is 434 g/mol. The molecule has 3 rings (SSSR count). The van der Waals surface area contributed by atoms with Gasteiger partial charge < -0.3 is 0 Å². The zero-order chi connectivity index (χ0) is 20.5. The molecular formula is C21H20ClNO3S2. The summed E-state index contributed by atoms with van der Waals surface area (Å²) in [6.45, 7) is 3.83. The van der Waals surface area contributed by atoms with Gasteiger partial charge in [0.1, 0.15) is 0 Å². The summed E-state index contributed by atoms with van der Waals surface area (Å²) < 4.78 is 26.3. The van der Waals surface area contributed by atoms with Crippen LogP contribution in [0.3, 0.4) is 0 Å². The van der Waals surface area contributed by atoms with Gasteiger partial charge in [-0.1, -0.05) is 42.8 Å². The van der Waals surface area contributed by atoms with E-state index in [4.69, 9.17) is 11.6 Å². The van der Waals surface area contributed by atoms with Crippen LogP contribution in [0.4, 0.5) is 0 Å². The lowest BCUT2D eigenvalue weighted by atomic mass is 9.97. The third-order valence-corrected chi connectivity index (χ3v) is 7.61. The van der Waals surface area contributed by atoms with Gasteiger partial charge in [-0.05, 0) is 54.9 Å². The summed E-state index contributed by atoms with van der Waals surface area (Å²) >= 11 is 7.47. The number of hydrogen-bond acceptors (Lipinski definition) is 4. The van der Waals surface area contributed by atoms with Gasteiger partial charge in [0.05, 0.1) is 9.77 Å². The minimum Gasteiger partial charge on any atom is -0.293 e. The molecule has 1 heterocycles. The molecule has 0 aliphatic heterocycles. The molecule has 0 aliphatic carbocycles. The number of thiophene rings is 1. The predicted octanol–water partition coefficient (Wildman–Crippen LogP) is 5.54. The molecule has 0 unspecified atom stereocenters. The summed E-state index contributed by atoms with van der Waals surface area (Å²) in [7, 11) is -2.13. The molecule has 1 aromatic heterocycles.